The minimum atomic E-state index is -0.0678. The summed E-state index contributed by atoms with van der Waals surface area (Å²) in [6.45, 7) is 0.785. The van der Waals surface area contributed by atoms with Crippen LogP contribution in [0.5, 0.6) is 0 Å². The normalized spacial score (nSPS) is 18.3. The number of anilines is 1. The second kappa shape index (κ2) is 4.94. The highest BCUT2D eigenvalue weighted by atomic mass is 32.1. The number of hydrogen-bond donors (Lipinski definition) is 2. The molecule has 0 aromatic carbocycles. The van der Waals surface area contributed by atoms with Crippen molar-refractivity contribution in [2.24, 2.45) is 17.8 Å². The van der Waals surface area contributed by atoms with Crippen molar-refractivity contribution >= 4 is 33.1 Å². The average molecular weight is 302 g/mol. The summed E-state index contributed by atoms with van der Waals surface area (Å²) in [6.07, 6.45) is 6.92. The first-order chi connectivity index (χ1) is 10.2. The topological polar surface area (TPSA) is 80.9 Å². The number of rotatable bonds is 5. The number of amides is 1. The van der Waals surface area contributed by atoms with E-state index in [0.717, 1.165) is 28.6 Å². The lowest BCUT2D eigenvalue weighted by Gasteiger charge is -2.15. The van der Waals surface area contributed by atoms with Crippen LogP contribution in [0.3, 0.4) is 0 Å². The fourth-order valence-electron chi connectivity index (χ4n) is 3.10. The fraction of sp³-hybridized carbons (Fsp3) is 0.533. The number of hydrogen-bond acceptors (Lipinski definition) is 5. The van der Waals surface area contributed by atoms with Crippen molar-refractivity contribution in [2.45, 2.75) is 25.7 Å². The summed E-state index contributed by atoms with van der Waals surface area (Å²) in [5.41, 5.74) is 6.60. The van der Waals surface area contributed by atoms with Gasteiger partial charge in [0.15, 0.2) is 0 Å². The van der Waals surface area contributed by atoms with Gasteiger partial charge in [-0.3, -0.25) is 4.79 Å². The van der Waals surface area contributed by atoms with Gasteiger partial charge in [0, 0.05) is 11.9 Å². The van der Waals surface area contributed by atoms with Crippen LogP contribution in [0.15, 0.2) is 12.3 Å². The molecule has 0 saturated heterocycles. The molecule has 110 valence electrons. The Bertz CT molecular complexity index is 678. The smallest absolute Gasteiger partial charge is 0.263 e. The largest absolute Gasteiger partial charge is 0.397 e. The van der Waals surface area contributed by atoms with E-state index in [9.17, 15) is 4.79 Å². The predicted molar refractivity (Wildman–Crippen MR) is 83.1 cm³/mol. The van der Waals surface area contributed by atoms with Crippen LogP contribution in [-0.4, -0.2) is 22.6 Å². The van der Waals surface area contributed by atoms with E-state index < -0.39 is 0 Å². The van der Waals surface area contributed by atoms with Gasteiger partial charge >= 0.3 is 0 Å². The molecule has 2 fully saturated rings. The molecule has 21 heavy (non-hydrogen) atoms. The van der Waals surface area contributed by atoms with Crippen LogP contribution in [0.2, 0.25) is 0 Å². The number of fused-ring (bicyclic) bond motifs is 1. The van der Waals surface area contributed by atoms with Crippen LogP contribution in [0.4, 0.5) is 5.69 Å². The number of nitrogens with one attached hydrogen (secondary N) is 1. The number of carbonyl (C=O) groups is 1. The summed E-state index contributed by atoms with van der Waals surface area (Å²) in [5.74, 6) is 2.28. The van der Waals surface area contributed by atoms with Crippen LogP contribution in [0, 0.1) is 17.8 Å². The first kappa shape index (κ1) is 13.0. The molecule has 0 bridgehead atoms. The number of aromatic nitrogens is 2. The predicted octanol–water partition coefficient (Wildman–Crippen LogP) is 2.44. The molecule has 3 N–H and O–H groups in total. The number of carbonyl (C=O) groups excluding carboxylic acids is 1. The lowest BCUT2D eigenvalue weighted by atomic mass is 9.98. The summed E-state index contributed by atoms with van der Waals surface area (Å²) in [6, 6.07) is 1.81. The SMILES string of the molecule is Nc1c(C(=O)NCC(C2CC2)C2CC2)sc2nnccc12. The van der Waals surface area contributed by atoms with Crippen molar-refractivity contribution in [1.29, 1.82) is 0 Å². The van der Waals surface area contributed by atoms with Gasteiger partial charge in [-0.1, -0.05) is 0 Å². The lowest BCUT2D eigenvalue weighted by molar-refractivity contribution is 0.0948. The Morgan fingerprint density at radius 3 is 2.71 bits per heavy atom. The quantitative estimate of drug-likeness (QED) is 0.889. The van der Waals surface area contributed by atoms with E-state index in [0.29, 0.717) is 16.5 Å². The summed E-state index contributed by atoms with van der Waals surface area (Å²) < 4.78 is 0. The lowest BCUT2D eigenvalue weighted by Crippen LogP contribution is -2.31. The van der Waals surface area contributed by atoms with Crippen molar-refractivity contribution < 1.29 is 4.79 Å². The first-order valence-electron chi connectivity index (χ1n) is 7.52. The van der Waals surface area contributed by atoms with E-state index in [1.54, 1.807) is 6.20 Å². The van der Waals surface area contributed by atoms with Crippen molar-refractivity contribution in [3.63, 3.8) is 0 Å². The third kappa shape index (κ3) is 2.48. The van der Waals surface area contributed by atoms with Crippen LogP contribution >= 0.6 is 11.3 Å². The third-order valence-electron chi connectivity index (χ3n) is 4.58. The molecule has 0 unspecified atom stereocenters. The molecule has 2 heterocycles. The van der Waals surface area contributed by atoms with E-state index >= 15 is 0 Å². The Morgan fingerprint density at radius 2 is 2.10 bits per heavy atom. The minimum absolute atomic E-state index is 0.0678. The standard InChI is InChI=1S/C15H18N4OS/c16-12-10-5-6-18-19-15(10)21-13(12)14(20)17-7-11(8-1-2-8)9-3-4-9/h5-6,8-9,11H,1-4,7,16H2,(H,17,20). The molecule has 5 nitrogen and oxygen atoms in total. The zero-order chi connectivity index (χ0) is 14.4. The Hall–Kier alpha value is -1.69. The van der Waals surface area contributed by atoms with E-state index in [2.05, 4.69) is 15.5 Å². The van der Waals surface area contributed by atoms with E-state index in [4.69, 9.17) is 5.73 Å². The van der Waals surface area contributed by atoms with E-state index in [1.807, 2.05) is 6.07 Å². The monoisotopic (exact) mass is 302 g/mol. The second-order valence-corrected chi connectivity index (χ2v) is 7.14. The maximum Gasteiger partial charge on any atom is 0.263 e. The summed E-state index contributed by atoms with van der Waals surface area (Å²) in [7, 11) is 0. The highest BCUT2D eigenvalue weighted by molar-refractivity contribution is 7.21. The zero-order valence-electron chi connectivity index (χ0n) is 11.7. The molecule has 0 atom stereocenters. The molecule has 0 spiro atoms. The maximum absolute atomic E-state index is 12.4. The minimum Gasteiger partial charge on any atom is -0.397 e. The highest BCUT2D eigenvalue weighted by Gasteiger charge is 2.41. The van der Waals surface area contributed by atoms with E-state index in [1.165, 1.54) is 37.0 Å². The number of nitrogens with zero attached hydrogens (tertiary/aromatic N) is 2. The average Bonchev–Trinajstić information content (AvgIpc) is 3.39. The Labute approximate surface area is 126 Å². The molecule has 2 saturated carbocycles. The molecule has 6 heteroatoms. The van der Waals surface area contributed by atoms with Crippen LogP contribution in [-0.2, 0) is 0 Å². The van der Waals surface area contributed by atoms with Crippen molar-refractivity contribution in [2.75, 3.05) is 12.3 Å². The fourth-order valence-corrected chi connectivity index (χ4v) is 4.05. The number of nitrogen functional groups attached to an aromatic ring is 1. The summed E-state index contributed by atoms with van der Waals surface area (Å²) in [4.78, 5) is 13.7. The number of thiophene rings is 1. The van der Waals surface area contributed by atoms with Crippen molar-refractivity contribution in [1.82, 2.24) is 15.5 Å². The zero-order valence-corrected chi connectivity index (χ0v) is 12.5. The molecule has 2 aromatic heterocycles. The van der Waals surface area contributed by atoms with Gasteiger partial charge in [0.2, 0.25) is 0 Å². The molecular weight excluding hydrogens is 284 g/mol. The van der Waals surface area contributed by atoms with Gasteiger partial charge < -0.3 is 11.1 Å². The van der Waals surface area contributed by atoms with Crippen molar-refractivity contribution in [3.05, 3.63) is 17.1 Å². The summed E-state index contributed by atoms with van der Waals surface area (Å²) >= 11 is 1.32. The molecule has 1 amide bonds. The number of nitrogens with two attached hydrogens (primary N) is 1. The third-order valence-corrected chi connectivity index (χ3v) is 5.68. The molecule has 4 rings (SSSR count). The van der Waals surface area contributed by atoms with E-state index in [-0.39, 0.29) is 5.91 Å². The molecule has 0 aliphatic heterocycles. The van der Waals surface area contributed by atoms with Gasteiger partial charge in [0.1, 0.15) is 9.71 Å². The molecule has 0 radical (unpaired) electrons. The van der Waals surface area contributed by atoms with Gasteiger partial charge in [0.05, 0.1) is 11.9 Å². The van der Waals surface area contributed by atoms with Gasteiger partial charge in [-0.25, -0.2) is 0 Å². The maximum atomic E-state index is 12.4. The van der Waals surface area contributed by atoms with Crippen LogP contribution < -0.4 is 11.1 Å². The summed E-state index contributed by atoms with van der Waals surface area (Å²) in [5, 5.41) is 11.8. The van der Waals surface area contributed by atoms with Crippen LogP contribution in [0.25, 0.3) is 10.2 Å². The van der Waals surface area contributed by atoms with Crippen molar-refractivity contribution in [3.8, 4) is 0 Å². The molecule has 2 aromatic rings. The van der Waals surface area contributed by atoms with Gasteiger partial charge in [-0.05, 0) is 49.5 Å². The molecular formula is C15H18N4OS. The van der Waals surface area contributed by atoms with Gasteiger partial charge in [0.25, 0.3) is 5.91 Å². The Morgan fingerprint density at radius 1 is 1.38 bits per heavy atom. The van der Waals surface area contributed by atoms with Gasteiger partial charge in [-0.15, -0.1) is 16.4 Å². The van der Waals surface area contributed by atoms with Gasteiger partial charge in [-0.2, -0.15) is 5.10 Å². The molecule has 2 aliphatic carbocycles. The first-order valence-corrected chi connectivity index (χ1v) is 8.33. The Balaban J connectivity index is 1.49. The molecule has 2 aliphatic rings. The highest BCUT2D eigenvalue weighted by Crippen LogP contribution is 2.48. The van der Waals surface area contributed by atoms with Crippen LogP contribution in [0.1, 0.15) is 35.4 Å². The second-order valence-electron chi connectivity index (χ2n) is 6.14. The Kier molecular flexibility index (Phi) is 3.06.